The summed E-state index contributed by atoms with van der Waals surface area (Å²) < 4.78 is 2.87. The van der Waals surface area contributed by atoms with Crippen molar-refractivity contribution in [3.05, 3.63) is 70.1 Å². The van der Waals surface area contributed by atoms with Gasteiger partial charge in [0, 0.05) is 16.9 Å². The van der Waals surface area contributed by atoms with E-state index in [9.17, 15) is 4.79 Å². The first-order valence-corrected chi connectivity index (χ1v) is 7.84. The van der Waals surface area contributed by atoms with Gasteiger partial charge in [0.2, 0.25) is 0 Å². The van der Waals surface area contributed by atoms with Crippen LogP contribution in [-0.2, 0) is 0 Å². The predicted octanol–water partition coefficient (Wildman–Crippen LogP) is 3.90. The van der Waals surface area contributed by atoms with Crippen molar-refractivity contribution >= 4 is 27.5 Å². The van der Waals surface area contributed by atoms with Crippen LogP contribution >= 0.6 is 15.9 Å². The Morgan fingerprint density at radius 1 is 1.27 bits per heavy atom. The van der Waals surface area contributed by atoms with E-state index in [1.807, 2.05) is 60.8 Å². The number of pyridine rings is 1. The number of hydrogen-bond acceptors (Lipinski definition) is 2. The van der Waals surface area contributed by atoms with E-state index in [0.29, 0.717) is 5.69 Å². The van der Waals surface area contributed by atoms with Gasteiger partial charge in [-0.05, 0) is 49.2 Å². The number of nitrogens with zero attached hydrogens (tertiary/aromatic N) is 2. The summed E-state index contributed by atoms with van der Waals surface area (Å²) in [5.74, 6) is -0.170. The molecule has 1 amide bonds. The summed E-state index contributed by atoms with van der Waals surface area (Å²) in [5.41, 5.74) is 3.38. The van der Waals surface area contributed by atoms with Crippen molar-refractivity contribution in [2.24, 2.45) is 0 Å². The molecule has 1 aromatic carbocycles. The topological polar surface area (TPSA) is 46.4 Å². The van der Waals surface area contributed by atoms with Gasteiger partial charge < -0.3 is 9.72 Å². The van der Waals surface area contributed by atoms with Crippen LogP contribution in [0.15, 0.2) is 53.3 Å². The van der Waals surface area contributed by atoms with Crippen molar-refractivity contribution in [3.63, 3.8) is 0 Å². The Hall–Kier alpha value is -2.14. The van der Waals surface area contributed by atoms with Crippen LogP contribution in [0.4, 0.5) is 0 Å². The molecule has 22 heavy (non-hydrogen) atoms. The first kappa shape index (κ1) is 14.8. The van der Waals surface area contributed by atoms with Crippen molar-refractivity contribution in [1.29, 1.82) is 0 Å². The van der Waals surface area contributed by atoms with Gasteiger partial charge in [0.05, 0.1) is 6.04 Å². The molecule has 3 aromatic rings. The summed E-state index contributed by atoms with van der Waals surface area (Å²) in [6.45, 7) is 3.96. The molecule has 5 heteroatoms. The van der Waals surface area contributed by atoms with E-state index in [0.717, 1.165) is 21.2 Å². The summed E-state index contributed by atoms with van der Waals surface area (Å²) in [6, 6.07) is 11.8. The molecule has 1 unspecified atom stereocenters. The molecule has 0 aliphatic carbocycles. The highest BCUT2D eigenvalue weighted by Gasteiger charge is 2.14. The third-order valence-electron chi connectivity index (χ3n) is 3.57. The molecule has 0 fully saturated rings. The lowest BCUT2D eigenvalue weighted by Gasteiger charge is -2.13. The Morgan fingerprint density at radius 2 is 2.00 bits per heavy atom. The number of aromatic nitrogens is 2. The van der Waals surface area contributed by atoms with Crippen LogP contribution in [0.2, 0.25) is 0 Å². The van der Waals surface area contributed by atoms with Crippen LogP contribution in [0, 0.1) is 6.92 Å². The Labute approximate surface area is 137 Å². The molecule has 2 aromatic heterocycles. The zero-order chi connectivity index (χ0) is 15.7. The summed E-state index contributed by atoms with van der Waals surface area (Å²) in [4.78, 5) is 16.7. The number of hydrogen-bond donors (Lipinski definition) is 1. The maximum atomic E-state index is 12.4. The van der Waals surface area contributed by atoms with E-state index >= 15 is 0 Å². The molecule has 3 rings (SSSR count). The number of amides is 1. The summed E-state index contributed by atoms with van der Waals surface area (Å²) in [7, 11) is 0. The second kappa shape index (κ2) is 5.93. The van der Waals surface area contributed by atoms with Gasteiger partial charge in [0.15, 0.2) is 0 Å². The summed E-state index contributed by atoms with van der Waals surface area (Å²) in [5, 5.41) is 2.98. The van der Waals surface area contributed by atoms with Crippen LogP contribution in [-0.4, -0.2) is 15.3 Å². The highest BCUT2D eigenvalue weighted by atomic mass is 79.9. The Morgan fingerprint density at radius 3 is 2.73 bits per heavy atom. The molecule has 0 radical (unpaired) electrons. The molecule has 2 heterocycles. The molecule has 0 aliphatic heterocycles. The molecule has 0 saturated heterocycles. The fraction of sp³-hybridized carbons (Fsp3) is 0.176. The standard InChI is InChI=1S/C17H16BrN3O/c1-11-7-8-21-10-15(20-16(21)9-11)17(22)19-12(2)13-3-5-14(18)6-4-13/h3-10,12H,1-2H3,(H,19,22). The van der Waals surface area contributed by atoms with Crippen molar-refractivity contribution < 1.29 is 4.79 Å². The largest absolute Gasteiger partial charge is 0.344 e. The zero-order valence-electron chi connectivity index (χ0n) is 12.4. The Kier molecular flexibility index (Phi) is 3.98. The van der Waals surface area contributed by atoms with Crippen LogP contribution in [0.5, 0.6) is 0 Å². The first-order chi connectivity index (χ1) is 10.5. The predicted molar refractivity (Wildman–Crippen MR) is 90.0 cm³/mol. The van der Waals surface area contributed by atoms with E-state index in [2.05, 4.69) is 26.2 Å². The smallest absolute Gasteiger partial charge is 0.271 e. The molecule has 0 saturated carbocycles. The molecule has 0 bridgehead atoms. The monoisotopic (exact) mass is 357 g/mol. The maximum Gasteiger partial charge on any atom is 0.271 e. The van der Waals surface area contributed by atoms with Crippen molar-refractivity contribution in [3.8, 4) is 0 Å². The SMILES string of the molecule is Cc1ccn2cc(C(=O)NC(C)c3ccc(Br)cc3)nc2c1. The normalized spacial score (nSPS) is 12.3. The highest BCUT2D eigenvalue weighted by Crippen LogP contribution is 2.17. The molecule has 1 N–H and O–H groups in total. The van der Waals surface area contributed by atoms with Gasteiger partial charge in [-0.25, -0.2) is 4.98 Å². The van der Waals surface area contributed by atoms with Crippen LogP contribution in [0.25, 0.3) is 5.65 Å². The second-order valence-corrected chi connectivity index (χ2v) is 6.26. The molecular weight excluding hydrogens is 342 g/mol. The molecular formula is C17H16BrN3O. The van der Waals surface area contributed by atoms with Gasteiger partial charge in [-0.15, -0.1) is 0 Å². The minimum absolute atomic E-state index is 0.0767. The highest BCUT2D eigenvalue weighted by molar-refractivity contribution is 9.10. The number of halogens is 1. The van der Waals surface area contributed by atoms with Crippen molar-refractivity contribution in [2.45, 2.75) is 19.9 Å². The number of carbonyl (C=O) groups is 1. The van der Waals surface area contributed by atoms with E-state index in [4.69, 9.17) is 0 Å². The summed E-state index contributed by atoms with van der Waals surface area (Å²) in [6.07, 6.45) is 3.66. The molecule has 112 valence electrons. The number of rotatable bonds is 3. The minimum atomic E-state index is -0.170. The lowest BCUT2D eigenvalue weighted by Crippen LogP contribution is -2.26. The lowest BCUT2D eigenvalue weighted by atomic mass is 10.1. The van der Waals surface area contributed by atoms with E-state index in [-0.39, 0.29) is 11.9 Å². The molecule has 4 nitrogen and oxygen atoms in total. The Balaban J connectivity index is 1.79. The first-order valence-electron chi connectivity index (χ1n) is 7.04. The maximum absolute atomic E-state index is 12.4. The number of carbonyl (C=O) groups excluding carboxylic acids is 1. The fourth-order valence-electron chi connectivity index (χ4n) is 2.30. The third kappa shape index (κ3) is 3.04. The van der Waals surface area contributed by atoms with Crippen molar-refractivity contribution in [2.75, 3.05) is 0 Å². The number of aryl methyl sites for hydroxylation is 1. The Bertz CT molecular complexity index is 824. The van der Waals surface area contributed by atoms with Crippen LogP contribution in [0.3, 0.4) is 0 Å². The third-order valence-corrected chi connectivity index (χ3v) is 4.09. The number of imidazole rings is 1. The quantitative estimate of drug-likeness (QED) is 0.772. The van der Waals surface area contributed by atoms with Crippen molar-refractivity contribution in [1.82, 2.24) is 14.7 Å². The average Bonchev–Trinajstić information content (AvgIpc) is 2.91. The van der Waals surface area contributed by atoms with Gasteiger partial charge in [-0.1, -0.05) is 28.1 Å². The average molecular weight is 358 g/mol. The number of benzene rings is 1. The fourth-order valence-corrected chi connectivity index (χ4v) is 2.56. The van der Waals surface area contributed by atoms with Crippen LogP contribution < -0.4 is 5.32 Å². The molecule has 0 spiro atoms. The number of nitrogens with one attached hydrogen (secondary N) is 1. The van der Waals surface area contributed by atoms with Gasteiger partial charge in [-0.3, -0.25) is 4.79 Å². The minimum Gasteiger partial charge on any atom is -0.344 e. The second-order valence-electron chi connectivity index (χ2n) is 5.34. The lowest BCUT2D eigenvalue weighted by molar-refractivity contribution is 0.0935. The van der Waals surface area contributed by atoms with E-state index in [1.165, 1.54) is 0 Å². The van der Waals surface area contributed by atoms with E-state index < -0.39 is 0 Å². The molecule has 1 atom stereocenters. The van der Waals surface area contributed by atoms with Crippen LogP contribution in [0.1, 0.15) is 34.6 Å². The van der Waals surface area contributed by atoms with Gasteiger partial charge in [0.1, 0.15) is 11.3 Å². The van der Waals surface area contributed by atoms with Gasteiger partial charge in [0.25, 0.3) is 5.91 Å². The number of fused-ring (bicyclic) bond motifs is 1. The van der Waals surface area contributed by atoms with E-state index in [1.54, 1.807) is 6.20 Å². The van der Waals surface area contributed by atoms with Gasteiger partial charge >= 0.3 is 0 Å². The van der Waals surface area contributed by atoms with Gasteiger partial charge in [-0.2, -0.15) is 0 Å². The molecule has 0 aliphatic rings. The summed E-state index contributed by atoms with van der Waals surface area (Å²) >= 11 is 3.41. The zero-order valence-corrected chi connectivity index (χ0v) is 14.0.